The van der Waals surface area contributed by atoms with E-state index in [9.17, 15) is 0 Å². The van der Waals surface area contributed by atoms with Crippen molar-refractivity contribution in [3.63, 3.8) is 0 Å². The Labute approximate surface area is 325 Å². The van der Waals surface area contributed by atoms with Crippen molar-refractivity contribution < 1.29 is 0 Å². The standard InChI is InChI=1S/C52H36N4/c1-3-16-34(4-2)37-27-29-48-42(31-37)43-32-38(28-30-49(43)56(48)39-21-12-7-13-22-39)40-23-14-25-44-50(40)51-41(24-15-26-45(51)53-44)47-33-46(35-17-8-5-9-18-35)54-52(55-47)36-19-10-6-11-20-36/h3-33,53H,1-2H2/b34-16+. The SMILES string of the molecule is C=C/C=C(\C=C)c1ccc2c(c1)c1cc(-c3cccc4[nH]c5cccc(-c6cc(-c7ccccc7)nc(-c7ccccc7)n6)c5c34)ccc1n2-c1ccccc1. The Bertz CT molecular complexity index is 3090. The van der Waals surface area contributed by atoms with Crippen molar-refractivity contribution in [3.8, 4) is 50.7 Å². The lowest BCUT2D eigenvalue weighted by atomic mass is 9.94. The number of aromatic amines is 1. The zero-order valence-corrected chi connectivity index (χ0v) is 30.7. The quantitative estimate of drug-likeness (QED) is 0.159. The summed E-state index contributed by atoms with van der Waals surface area (Å²) in [5.41, 5.74) is 14.8. The second-order valence-corrected chi connectivity index (χ2v) is 14.0. The zero-order chi connectivity index (χ0) is 37.6. The lowest BCUT2D eigenvalue weighted by molar-refractivity contribution is 1.18. The van der Waals surface area contributed by atoms with Gasteiger partial charge in [0.25, 0.3) is 0 Å². The van der Waals surface area contributed by atoms with Crippen LogP contribution < -0.4 is 0 Å². The summed E-state index contributed by atoms with van der Waals surface area (Å²) in [6.07, 6.45) is 5.72. The van der Waals surface area contributed by atoms with E-state index in [1.807, 2.05) is 42.5 Å². The van der Waals surface area contributed by atoms with E-state index in [0.717, 1.165) is 88.9 Å². The van der Waals surface area contributed by atoms with Crippen LogP contribution in [0.4, 0.5) is 0 Å². The van der Waals surface area contributed by atoms with Gasteiger partial charge in [0.05, 0.1) is 22.4 Å². The Morgan fingerprint density at radius 2 is 1.12 bits per heavy atom. The number of nitrogens with zero attached hydrogens (tertiary/aromatic N) is 3. The maximum absolute atomic E-state index is 5.24. The highest BCUT2D eigenvalue weighted by molar-refractivity contribution is 6.20. The van der Waals surface area contributed by atoms with Crippen LogP contribution in [-0.2, 0) is 0 Å². The molecule has 0 aliphatic rings. The van der Waals surface area contributed by atoms with Gasteiger partial charge in [-0.1, -0.05) is 147 Å². The zero-order valence-electron chi connectivity index (χ0n) is 30.7. The molecule has 0 atom stereocenters. The van der Waals surface area contributed by atoms with Crippen LogP contribution in [0.5, 0.6) is 0 Å². The summed E-state index contributed by atoms with van der Waals surface area (Å²) in [6.45, 7) is 8.03. The van der Waals surface area contributed by atoms with Gasteiger partial charge in [0.15, 0.2) is 5.82 Å². The Morgan fingerprint density at radius 3 is 1.82 bits per heavy atom. The molecule has 3 heterocycles. The van der Waals surface area contributed by atoms with Gasteiger partial charge in [0.1, 0.15) is 0 Å². The van der Waals surface area contributed by atoms with Crippen LogP contribution in [0.1, 0.15) is 5.56 Å². The van der Waals surface area contributed by atoms with Gasteiger partial charge in [-0.2, -0.15) is 0 Å². The maximum Gasteiger partial charge on any atom is 0.160 e. The highest BCUT2D eigenvalue weighted by Crippen LogP contribution is 2.42. The molecule has 0 spiro atoms. The molecule has 0 saturated carbocycles. The Morgan fingerprint density at radius 1 is 0.518 bits per heavy atom. The third-order valence-corrected chi connectivity index (χ3v) is 10.7. The molecular formula is C52H36N4. The van der Waals surface area contributed by atoms with Gasteiger partial charge >= 0.3 is 0 Å². The lowest BCUT2D eigenvalue weighted by Crippen LogP contribution is -1.96. The van der Waals surface area contributed by atoms with Crippen LogP contribution in [0.25, 0.3) is 99.9 Å². The number of rotatable bonds is 8. The molecule has 56 heavy (non-hydrogen) atoms. The molecule has 264 valence electrons. The first-order valence-electron chi connectivity index (χ1n) is 18.8. The number of benzene rings is 7. The van der Waals surface area contributed by atoms with Crippen molar-refractivity contribution in [1.29, 1.82) is 0 Å². The minimum atomic E-state index is 0.696. The Kier molecular flexibility index (Phi) is 8.08. The fraction of sp³-hybridized carbons (Fsp3) is 0. The van der Waals surface area contributed by atoms with E-state index in [2.05, 4.69) is 168 Å². The molecule has 7 aromatic carbocycles. The molecule has 3 aromatic heterocycles. The minimum Gasteiger partial charge on any atom is -0.354 e. The van der Waals surface area contributed by atoms with Crippen LogP contribution in [0, 0.1) is 0 Å². The van der Waals surface area contributed by atoms with Crippen LogP contribution in [-0.4, -0.2) is 19.5 Å². The van der Waals surface area contributed by atoms with Crippen molar-refractivity contribution in [2.24, 2.45) is 0 Å². The number of aromatic nitrogens is 4. The van der Waals surface area contributed by atoms with Crippen molar-refractivity contribution in [2.75, 3.05) is 0 Å². The van der Waals surface area contributed by atoms with Gasteiger partial charge in [-0.15, -0.1) is 0 Å². The number of hydrogen-bond acceptors (Lipinski definition) is 2. The molecule has 0 aliphatic heterocycles. The van der Waals surface area contributed by atoms with Crippen LogP contribution in [0.2, 0.25) is 0 Å². The number of para-hydroxylation sites is 1. The first kappa shape index (κ1) is 33.0. The second kappa shape index (κ2) is 13.7. The number of fused-ring (bicyclic) bond motifs is 6. The van der Waals surface area contributed by atoms with Crippen LogP contribution in [0.3, 0.4) is 0 Å². The van der Waals surface area contributed by atoms with Gasteiger partial charge < -0.3 is 9.55 Å². The van der Waals surface area contributed by atoms with Crippen LogP contribution >= 0.6 is 0 Å². The highest BCUT2D eigenvalue weighted by atomic mass is 15.0. The molecule has 10 rings (SSSR count). The van der Waals surface area contributed by atoms with Gasteiger partial charge in [-0.3, -0.25) is 0 Å². The maximum atomic E-state index is 5.24. The van der Waals surface area contributed by atoms with E-state index in [1.165, 1.54) is 10.8 Å². The highest BCUT2D eigenvalue weighted by Gasteiger charge is 2.20. The minimum absolute atomic E-state index is 0.696. The van der Waals surface area contributed by atoms with E-state index in [4.69, 9.17) is 9.97 Å². The first-order chi connectivity index (χ1) is 27.7. The lowest BCUT2D eigenvalue weighted by Gasteiger charge is -2.12. The van der Waals surface area contributed by atoms with Gasteiger partial charge in [-0.05, 0) is 76.9 Å². The molecule has 0 radical (unpaired) electrons. The third-order valence-electron chi connectivity index (χ3n) is 10.7. The summed E-state index contributed by atoms with van der Waals surface area (Å²) >= 11 is 0. The molecule has 0 amide bonds. The molecule has 0 unspecified atom stereocenters. The summed E-state index contributed by atoms with van der Waals surface area (Å²) in [6, 6.07) is 59.9. The van der Waals surface area contributed by atoms with E-state index in [1.54, 1.807) is 0 Å². The normalized spacial score (nSPS) is 11.8. The largest absolute Gasteiger partial charge is 0.354 e. The number of allylic oxidation sites excluding steroid dienone is 4. The predicted octanol–water partition coefficient (Wildman–Crippen LogP) is 13.6. The number of hydrogen-bond donors (Lipinski definition) is 1. The predicted molar refractivity (Wildman–Crippen MR) is 236 cm³/mol. The molecule has 0 saturated heterocycles. The van der Waals surface area contributed by atoms with Gasteiger partial charge in [0, 0.05) is 55.0 Å². The fourth-order valence-electron chi connectivity index (χ4n) is 8.14. The Hall–Kier alpha value is -7.56. The molecule has 10 aromatic rings. The molecule has 4 heteroatoms. The van der Waals surface area contributed by atoms with E-state index in [0.29, 0.717) is 5.82 Å². The first-order valence-corrected chi connectivity index (χ1v) is 18.8. The summed E-state index contributed by atoms with van der Waals surface area (Å²) in [7, 11) is 0. The molecule has 0 bridgehead atoms. The van der Waals surface area contributed by atoms with E-state index < -0.39 is 0 Å². The van der Waals surface area contributed by atoms with E-state index in [-0.39, 0.29) is 0 Å². The number of H-pyrrole nitrogens is 1. The Balaban J connectivity index is 1.22. The summed E-state index contributed by atoms with van der Waals surface area (Å²) in [5, 5.41) is 4.65. The monoisotopic (exact) mass is 716 g/mol. The molecular weight excluding hydrogens is 681 g/mol. The smallest absolute Gasteiger partial charge is 0.160 e. The fourth-order valence-corrected chi connectivity index (χ4v) is 8.14. The average molecular weight is 717 g/mol. The van der Waals surface area contributed by atoms with Gasteiger partial charge in [0.2, 0.25) is 0 Å². The van der Waals surface area contributed by atoms with E-state index >= 15 is 0 Å². The average Bonchev–Trinajstić information content (AvgIpc) is 3.82. The molecule has 0 fully saturated rings. The summed E-state index contributed by atoms with van der Waals surface area (Å²) < 4.78 is 2.36. The van der Waals surface area contributed by atoms with Crippen molar-refractivity contribution >= 4 is 49.2 Å². The molecule has 1 N–H and O–H groups in total. The van der Waals surface area contributed by atoms with Crippen molar-refractivity contribution in [2.45, 2.75) is 0 Å². The summed E-state index contributed by atoms with van der Waals surface area (Å²) in [5.74, 6) is 0.696. The molecule has 4 nitrogen and oxygen atoms in total. The van der Waals surface area contributed by atoms with Crippen LogP contribution in [0.15, 0.2) is 201 Å². The summed E-state index contributed by atoms with van der Waals surface area (Å²) in [4.78, 5) is 14.1. The third kappa shape index (κ3) is 5.55. The number of nitrogens with one attached hydrogen (secondary N) is 1. The van der Waals surface area contributed by atoms with Gasteiger partial charge in [-0.25, -0.2) is 9.97 Å². The topological polar surface area (TPSA) is 46.5 Å². The van der Waals surface area contributed by atoms with Crippen molar-refractivity contribution in [3.05, 3.63) is 207 Å². The van der Waals surface area contributed by atoms with Crippen molar-refractivity contribution in [1.82, 2.24) is 19.5 Å². The molecule has 0 aliphatic carbocycles. The second-order valence-electron chi connectivity index (χ2n) is 14.0.